The maximum Gasteiger partial charge on any atom is 0.337 e. The number of esters is 1. The molecular weight excluding hydrogens is 338 g/mol. The molecule has 26 heavy (non-hydrogen) atoms. The van der Waals surface area contributed by atoms with Crippen LogP contribution in [0.1, 0.15) is 23.2 Å². The van der Waals surface area contributed by atoms with Gasteiger partial charge in [0.1, 0.15) is 6.10 Å². The van der Waals surface area contributed by atoms with E-state index < -0.39 is 5.97 Å². The lowest BCUT2D eigenvalue weighted by Crippen LogP contribution is -2.53. The average molecular weight is 361 g/mol. The number of hydrogen-bond acceptors (Lipinski definition) is 5. The molecule has 0 bridgehead atoms. The third kappa shape index (κ3) is 4.13. The van der Waals surface area contributed by atoms with E-state index in [0.717, 1.165) is 12.8 Å². The van der Waals surface area contributed by atoms with Crippen molar-refractivity contribution in [2.24, 2.45) is 0 Å². The molecule has 2 saturated heterocycles. The summed E-state index contributed by atoms with van der Waals surface area (Å²) < 4.78 is 10.1. The van der Waals surface area contributed by atoms with Crippen molar-refractivity contribution in [3.63, 3.8) is 0 Å². The highest BCUT2D eigenvalue weighted by molar-refractivity contribution is 5.92. The summed E-state index contributed by atoms with van der Waals surface area (Å²) >= 11 is 0. The zero-order valence-electron chi connectivity index (χ0n) is 14.8. The van der Waals surface area contributed by atoms with Crippen molar-refractivity contribution in [1.82, 2.24) is 9.80 Å². The van der Waals surface area contributed by atoms with E-state index in [0.29, 0.717) is 44.0 Å². The number of hydrogen-bond donors (Lipinski definition) is 1. The Morgan fingerprint density at radius 2 is 1.73 bits per heavy atom. The lowest BCUT2D eigenvalue weighted by Gasteiger charge is -2.35. The van der Waals surface area contributed by atoms with Gasteiger partial charge in [0.2, 0.25) is 0 Å². The molecule has 0 radical (unpaired) electrons. The lowest BCUT2D eigenvalue weighted by molar-refractivity contribution is -0.142. The number of ether oxygens (including phenoxy) is 2. The molecule has 1 aromatic carbocycles. The number of amides is 3. The molecule has 1 aromatic rings. The average Bonchev–Trinajstić information content (AvgIpc) is 3.22. The number of rotatable bonds is 3. The summed E-state index contributed by atoms with van der Waals surface area (Å²) in [6.45, 7) is 2.61. The van der Waals surface area contributed by atoms with Crippen LogP contribution in [0.3, 0.4) is 0 Å². The van der Waals surface area contributed by atoms with Gasteiger partial charge in [-0.3, -0.25) is 4.79 Å². The molecule has 0 aliphatic carbocycles. The van der Waals surface area contributed by atoms with Crippen LogP contribution >= 0.6 is 0 Å². The molecule has 0 aromatic heterocycles. The molecule has 3 amide bonds. The van der Waals surface area contributed by atoms with Crippen molar-refractivity contribution in [2.45, 2.75) is 18.9 Å². The highest BCUT2D eigenvalue weighted by Gasteiger charge is 2.31. The minimum Gasteiger partial charge on any atom is -0.465 e. The second kappa shape index (κ2) is 8.18. The Hall–Kier alpha value is -2.61. The molecule has 0 unspecified atom stereocenters. The zero-order valence-corrected chi connectivity index (χ0v) is 14.8. The predicted molar refractivity (Wildman–Crippen MR) is 93.9 cm³/mol. The van der Waals surface area contributed by atoms with Crippen LogP contribution < -0.4 is 5.32 Å². The van der Waals surface area contributed by atoms with Gasteiger partial charge in [0.15, 0.2) is 0 Å². The van der Waals surface area contributed by atoms with E-state index in [1.165, 1.54) is 7.11 Å². The number of nitrogens with one attached hydrogen (secondary N) is 1. The second-order valence-corrected chi connectivity index (χ2v) is 6.31. The van der Waals surface area contributed by atoms with Crippen molar-refractivity contribution in [2.75, 3.05) is 45.2 Å². The van der Waals surface area contributed by atoms with Gasteiger partial charge in [-0.15, -0.1) is 0 Å². The van der Waals surface area contributed by atoms with Crippen LogP contribution in [-0.4, -0.2) is 73.7 Å². The third-order valence-electron chi connectivity index (χ3n) is 4.64. The first kappa shape index (κ1) is 18.2. The van der Waals surface area contributed by atoms with Crippen LogP contribution in [0.5, 0.6) is 0 Å². The first-order chi connectivity index (χ1) is 12.6. The van der Waals surface area contributed by atoms with Gasteiger partial charge in [-0.25, -0.2) is 9.59 Å². The topological polar surface area (TPSA) is 88.2 Å². The quantitative estimate of drug-likeness (QED) is 0.821. The molecule has 0 spiro atoms. The number of anilines is 1. The Morgan fingerprint density at radius 3 is 2.31 bits per heavy atom. The van der Waals surface area contributed by atoms with E-state index in [9.17, 15) is 14.4 Å². The van der Waals surface area contributed by atoms with Gasteiger partial charge in [-0.2, -0.15) is 0 Å². The Balaban J connectivity index is 1.49. The fourth-order valence-corrected chi connectivity index (χ4v) is 3.12. The largest absolute Gasteiger partial charge is 0.465 e. The number of benzene rings is 1. The van der Waals surface area contributed by atoms with E-state index in [2.05, 4.69) is 10.1 Å². The van der Waals surface area contributed by atoms with Gasteiger partial charge in [0, 0.05) is 38.5 Å². The molecule has 1 atom stereocenters. The minimum absolute atomic E-state index is 0.0287. The van der Waals surface area contributed by atoms with Crippen molar-refractivity contribution >= 4 is 23.6 Å². The molecule has 2 heterocycles. The zero-order chi connectivity index (χ0) is 18.5. The maximum atomic E-state index is 12.4. The van der Waals surface area contributed by atoms with Crippen molar-refractivity contribution in [3.05, 3.63) is 29.8 Å². The summed E-state index contributed by atoms with van der Waals surface area (Å²) in [6, 6.07) is 6.28. The van der Waals surface area contributed by atoms with Crippen LogP contribution in [0.25, 0.3) is 0 Å². The molecule has 2 fully saturated rings. The highest BCUT2D eigenvalue weighted by Crippen LogP contribution is 2.17. The van der Waals surface area contributed by atoms with Crippen molar-refractivity contribution in [1.29, 1.82) is 0 Å². The van der Waals surface area contributed by atoms with Gasteiger partial charge in [-0.1, -0.05) is 0 Å². The Kier molecular flexibility index (Phi) is 5.72. The van der Waals surface area contributed by atoms with Gasteiger partial charge >= 0.3 is 12.0 Å². The molecule has 3 rings (SSSR count). The van der Waals surface area contributed by atoms with E-state index >= 15 is 0 Å². The number of urea groups is 1. The maximum absolute atomic E-state index is 12.4. The molecule has 2 aliphatic rings. The Morgan fingerprint density at radius 1 is 1.08 bits per heavy atom. The van der Waals surface area contributed by atoms with Crippen LogP contribution in [-0.2, 0) is 14.3 Å². The first-order valence-electron chi connectivity index (χ1n) is 8.73. The third-order valence-corrected chi connectivity index (χ3v) is 4.64. The van der Waals surface area contributed by atoms with Crippen LogP contribution in [0.4, 0.5) is 10.5 Å². The lowest BCUT2D eigenvalue weighted by atomic mass is 10.2. The van der Waals surface area contributed by atoms with E-state index in [1.54, 1.807) is 34.1 Å². The second-order valence-electron chi connectivity index (χ2n) is 6.31. The summed E-state index contributed by atoms with van der Waals surface area (Å²) in [5.74, 6) is -0.393. The van der Waals surface area contributed by atoms with Gasteiger partial charge in [0.05, 0.1) is 12.7 Å². The fraction of sp³-hybridized carbons (Fsp3) is 0.500. The van der Waals surface area contributed by atoms with E-state index in [1.807, 2.05) is 0 Å². The molecule has 1 N–H and O–H groups in total. The van der Waals surface area contributed by atoms with Gasteiger partial charge in [-0.05, 0) is 37.1 Å². The highest BCUT2D eigenvalue weighted by atomic mass is 16.5. The number of piperazine rings is 1. The minimum atomic E-state index is -0.421. The summed E-state index contributed by atoms with van der Waals surface area (Å²) in [5, 5.41) is 2.80. The van der Waals surface area contributed by atoms with Gasteiger partial charge in [0.25, 0.3) is 5.91 Å². The van der Waals surface area contributed by atoms with Gasteiger partial charge < -0.3 is 24.6 Å². The first-order valence-corrected chi connectivity index (χ1v) is 8.73. The molecule has 2 aliphatic heterocycles. The molecule has 8 nitrogen and oxygen atoms in total. The molecule has 0 saturated carbocycles. The molecule has 8 heteroatoms. The SMILES string of the molecule is COC(=O)c1ccc(NC(=O)N2CCN(C(=O)[C@@H]3CCCO3)CC2)cc1. The summed E-state index contributed by atoms with van der Waals surface area (Å²) in [4.78, 5) is 39.6. The Labute approximate surface area is 152 Å². The number of methoxy groups -OCH3 is 1. The predicted octanol–water partition coefficient (Wildman–Crippen LogP) is 1.33. The fourth-order valence-electron chi connectivity index (χ4n) is 3.12. The smallest absolute Gasteiger partial charge is 0.337 e. The van der Waals surface area contributed by atoms with Crippen molar-refractivity contribution in [3.8, 4) is 0 Å². The van der Waals surface area contributed by atoms with Crippen LogP contribution in [0.2, 0.25) is 0 Å². The van der Waals surface area contributed by atoms with E-state index in [-0.39, 0.29) is 18.0 Å². The van der Waals surface area contributed by atoms with E-state index in [4.69, 9.17) is 4.74 Å². The summed E-state index contributed by atoms with van der Waals surface area (Å²) in [7, 11) is 1.32. The molecular formula is C18H23N3O5. The number of nitrogens with zero attached hydrogens (tertiary/aromatic N) is 2. The number of carbonyl (C=O) groups excluding carboxylic acids is 3. The van der Waals surface area contributed by atoms with Crippen molar-refractivity contribution < 1.29 is 23.9 Å². The number of carbonyl (C=O) groups is 3. The van der Waals surface area contributed by atoms with Crippen LogP contribution in [0.15, 0.2) is 24.3 Å². The summed E-state index contributed by atoms with van der Waals surface area (Å²) in [6.07, 6.45) is 1.39. The summed E-state index contributed by atoms with van der Waals surface area (Å²) in [5.41, 5.74) is 1.02. The monoisotopic (exact) mass is 361 g/mol. The van der Waals surface area contributed by atoms with Crippen LogP contribution in [0, 0.1) is 0 Å². The normalized spacial score (nSPS) is 20.0. The molecule has 140 valence electrons. The Bertz CT molecular complexity index is 662. The standard InChI is InChI=1S/C18H23N3O5/c1-25-17(23)13-4-6-14(7-5-13)19-18(24)21-10-8-20(9-11-21)16(22)15-3-2-12-26-15/h4-7,15H,2-3,8-12H2,1H3,(H,19,24)/t15-/m0/s1.